The molecule has 0 aliphatic rings. The van der Waals surface area contributed by atoms with Crippen LogP contribution in [0.5, 0.6) is 0 Å². The van der Waals surface area contributed by atoms with Crippen LogP contribution in [0.15, 0.2) is 83.9 Å². The molecule has 3 aromatic carbocycles. The van der Waals surface area contributed by atoms with Crippen molar-refractivity contribution < 1.29 is 8.42 Å². The Morgan fingerprint density at radius 3 is 2.58 bits per heavy atom. The lowest BCUT2D eigenvalue weighted by Gasteiger charge is -2.18. The first-order valence-corrected chi connectivity index (χ1v) is 14.3. The third-order valence-electron chi connectivity index (χ3n) is 6.29. The lowest BCUT2D eigenvalue weighted by atomic mass is 10.1. The van der Waals surface area contributed by atoms with Crippen molar-refractivity contribution in [3.63, 3.8) is 0 Å². The summed E-state index contributed by atoms with van der Waals surface area (Å²) in [5.41, 5.74) is 4.08. The molecule has 2 aromatic heterocycles. The van der Waals surface area contributed by atoms with Crippen LogP contribution in [0.4, 0.5) is 5.69 Å². The van der Waals surface area contributed by atoms with E-state index in [0.717, 1.165) is 35.1 Å². The molecule has 0 fully saturated rings. The summed E-state index contributed by atoms with van der Waals surface area (Å²) < 4.78 is 29.6. The topological polar surface area (TPSA) is 62.3 Å². The van der Waals surface area contributed by atoms with Gasteiger partial charge in [-0.3, -0.25) is 9.71 Å². The molecule has 0 atom stereocenters. The summed E-state index contributed by atoms with van der Waals surface area (Å²) >= 11 is 7.65. The van der Waals surface area contributed by atoms with Gasteiger partial charge in [-0.25, -0.2) is 8.42 Å². The molecule has 0 radical (unpaired) electrons. The highest BCUT2D eigenvalue weighted by Gasteiger charge is 2.16. The molecular formula is C28H26ClN3O2S2. The van der Waals surface area contributed by atoms with E-state index < -0.39 is 10.0 Å². The Morgan fingerprint density at radius 1 is 1.00 bits per heavy atom. The number of hydrogen-bond donors (Lipinski definition) is 1. The third-order valence-corrected chi connectivity index (χ3v) is 9.07. The first-order chi connectivity index (χ1) is 17.3. The molecule has 0 amide bonds. The number of fused-ring (bicyclic) bond motifs is 2. The quantitative estimate of drug-likeness (QED) is 0.235. The molecular weight excluding hydrogens is 510 g/mol. The van der Waals surface area contributed by atoms with Crippen LogP contribution in [0, 0.1) is 6.92 Å². The summed E-state index contributed by atoms with van der Waals surface area (Å²) in [4.78, 5) is 8.22. The van der Waals surface area contributed by atoms with E-state index in [-0.39, 0.29) is 4.90 Å². The lowest BCUT2D eigenvalue weighted by Crippen LogP contribution is -2.21. The van der Waals surface area contributed by atoms with Gasteiger partial charge < -0.3 is 4.90 Å². The highest BCUT2D eigenvalue weighted by atomic mass is 35.5. The average Bonchev–Trinajstić information content (AvgIpc) is 3.17. The number of pyridine rings is 1. The molecule has 0 spiro atoms. The van der Waals surface area contributed by atoms with Gasteiger partial charge in [0, 0.05) is 45.0 Å². The smallest absolute Gasteiger partial charge is 0.261 e. The van der Waals surface area contributed by atoms with E-state index >= 15 is 0 Å². The minimum Gasteiger partial charge on any atom is -0.302 e. The Balaban J connectivity index is 1.34. The normalized spacial score (nSPS) is 12.0. The van der Waals surface area contributed by atoms with Crippen LogP contribution in [0.1, 0.15) is 16.0 Å². The number of aryl methyl sites for hydroxylation is 1. The van der Waals surface area contributed by atoms with Crippen molar-refractivity contribution in [3.05, 3.63) is 100 Å². The number of rotatable bonds is 8. The molecule has 0 bridgehead atoms. The summed E-state index contributed by atoms with van der Waals surface area (Å²) in [6.45, 7) is 3.84. The summed E-state index contributed by atoms with van der Waals surface area (Å²) in [7, 11) is -1.57. The zero-order chi connectivity index (χ0) is 25.3. The van der Waals surface area contributed by atoms with Gasteiger partial charge in [0.2, 0.25) is 0 Å². The fourth-order valence-corrected chi connectivity index (χ4v) is 6.71. The van der Waals surface area contributed by atoms with Gasteiger partial charge in [0.05, 0.1) is 10.4 Å². The van der Waals surface area contributed by atoms with Crippen molar-refractivity contribution in [1.29, 1.82) is 0 Å². The van der Waals surface area contributed by atoms with Gasteiger partial charge in [0.15, 0.2) is 0 Å². The van der Waals surface area contributed by atoms with Gasteiger partial charge in [-0.2, -0.15) is 0 Å². The summed E-state index contributed by atoms with van der Waals surface area (Å²) in [6.07, 6.45) is 2.74. The van der Waals surface area contributed by atoms with E-state index in [1.165, 1.54) is 33.5 Å². The van der Waals surface area contributed by atoms with E-state index in [1.54, 1.807) is 23.5 Å². The zero-order valence-electron chi connectivity index (χ0n) is 20.0. The van der Waals surface area contributed by atoms with Crippen molar-refractivity contribution >= 4 is 59.6 Å². The van der Waals surface area contributed by atoms with Crippen LogP contribution in [-0.2, 0) is 23.0 Å². The summed E-state index contributed by atoms with van der Waals surface area (Å²) in [5.74, 6) is 0. The van der Waals surface area contributed by atoms with Crippen molar-refractivity contribution in [2.45, 2.75) is 24.8 Å². The monoisotopic (exact) mass is 535 g/mol. The maximum atomic E-state index is 12.9. The largest absolute Gasteiger partial charge is 0.302 e. The molecule has 2 heterocycles. The Labute approximate surface area is 220 Å². The van der Waals surface area contributed by atoms with E-state index in [4.69, 9.17) is 11.6 Å². The Morgan fingerprint density at radius 2 is 1.78 bits per heavy atom. The Kier molecular flexibility index (Phi) is 6.99. The second-order valence-corrected chi connectivity index (χ2v) is 12.3. The van der Waals surface area contributed by atoms with Crippen LogP contribution in [0.25, 0.3) is 21.0 Å². The number of halogens is 1. The number of thiophene rings is 1. The van der Waals surface area contributed by atoms with Crippen molar-refractivity contribution in [3.8, 4) is 0 Å². The Bertz CT molecular complexity index is 1640. The molecule has 0 aliphatic heterocycles. The Hall–Kier alpha value is -2.97. The summed E-state index contributed by atoms with van der Waals surface area (Å²) in [6, 6.07) is 22.2. The minimum atomic E-state index is -3.70. The number of hydrogen-bond acceptors (Lipinski definition) is 5. The molecule has 0 saturated carbocycles. The highest BCUT2D eigenvalue weighted by molar-refractivity contribution is 7.92. The standard InChI is InChI=1S/C28H26ClN3O2S2/c1-19-24(14-16-32(2)18-20-13-15-30-27-6-4-3-5-25(20)27)26-17-22(9-12-28(26)35-19)31-36(33,34)23-10-7-21(29)8-11-23/h3-13,15,17,31H,14,16,18H2,1-2H3. The minimum absolute atomic E-state index is 0.180. The van der Waals surface area contributed by atoms with Gasteiger partial charge in [-0.05, 0) is 91.5 Å². The molecule has 0 saturated heterocycles. The SMILES string of the molecule is Cc1sc2ccc(NS(=O)(=O)c3ccc(Cl)cc3)cc2c1CCN(C)Cc1ccnc2ccccc12. The molecule has 36 heavy (non-hydrogen) atoms. The van der Waals surface area contributed by atoms with Gasteiger partial charge in [-0.1, -0.05) is 29.8 Å². The van der Waals surface area contributed by atoms with Crippen molar-refractivity contribution in [2.24, 2.45) is 0 Å². The average molecular weight is 536 g/mol. The van der Waals surface area contributed by atoms with Crippen LogP contribution in [0.2, 0.25) is 5.02 Å². The number of nitrogens with zero attached hydrogens (tertiary/aromatic N) is 2. The van der Waals surface area contributed by atoms with Gasteiger partial charge in [0.1, 0.15) is 0 Å². The van der Waals surface area contributed by atoms with E-state index in [0.29, 0.717) is 10.7 Å². The first-order valence-electron chi connectivity index (χ1n) is 11.6. The first kappa shape index (κ1) is 24.7. The molecule has 0 aliphatic carbocycles. The number of aromatic nitrogens is 1. The predicted molar refractivity (Wildman–Crippen MR) is 151 cm³/mol. The number of sulfonamides is 1. The molecule has 5 nitrogen and oxygen atoms in total. The fraction of sp³-hybridized carbons (Fsp3) is 0.179. The number of likely N-dealkylation sites (N-methyl/N-ethyl adjacent to an activating group) is 1. The number of nitrogens with one attached hydrogen (secondary N) is 1. The number of benzene rings is 3. The molecule has 184 valence electrons. The van der Waals surface area contributed by atoms with E-state index in [2.05, 4.69) is 40.7 Å². The molecule has 5 rings (SSSR count). The second kappa shape index (κ2) is 10.2. The number of para-hydroxylation sites is 1. The second-order valence-electron chi connectivity index (χ2n) is 8.88. The molecule has 5 aromatic rings. The van der Waals surface area contributed by atoms with Crippen molar-refractivity contribution in [1.82, 2.24) is 9.88 Å². The maximum Gasteiger partial charge on any atom is 0.261 e. The van der Waals surface area contributed by atoms with E-state index in [1.807, 2.05) is 42.6 Å². The zero-order valence-corrected chi connectivity index (χ0v) is 22.4. The fourth-order valence-electron chi connectivity index (χ4n) is 4.44. The van der Waals surface area contributed by atoms with Crippen LogP contribution >= 0.6 is 22.9 Å². The van der Waals surface area contributed by atoms with Crippen LogP contribution in [0.3, 0.4) is 0 Å². The molecule has 8 heteroatoms. The van der Waals surface area contributed by atoms with Gasteiger partial charge in [0.25, 0.3) is 10.0 Å². The van der Waals surface area contributed by atoms with Crippen LogP contribution < -0.4 is 4.72 Å². The van der Waals surface area contributed by atoms with E-state index in [9.17, 15) is 8.42 Å². The highest BCUT2D eigenvalue weighted by Crippen LogP contribution is 2.34. The van der Waals surface area contributed by atoms with Crippen LogP contribution in [-0.4, -0.2) is 31.9 Å². The maximum absolute atomic E-state index is 12.9. The summed E-state index contributed by atoms with van der Waals surface area (Å²) in [5, 5.41) is 2.77. The predicted octanol–water partition coefficient (Wildman–Crippen LogP) is 6.89. The van der Waals surface area contributed by atoms with Gasteiger partial charge in [-0.15, -0.1) is 11.3 Å². The van der Waals surface area contributed by atoms with Gasteiger partial charge >= 0.3 is 0 Å². The lowest BCUT2D eigenvalue weighted by molar-refractivity contribution is 0.332. The molecule has 1 N–H and O–H groups in total. The third kappa shape index (κ3) is 5.25. The number of anilines is 1. The molecule has 0 unspecified atom stereocenters. The van der Waals surface area contributed by atoms with Crippen molar-refractivity contribution in [2.75, 3.05) is 18.3 Å².